The van der Waals surface area contributed by atoms with Crippen molar-refractivity contribution in [1.29, 1.82) is 0 Å². The van der Waals surface area contributed by atoms with Crippen LogP contribution in [0.1, 0.15) is 35.6 Å². The smallest absolute Gasteiger partial charge is 0.257 e. The fourth-order valence-corrected chi connectivity index (χ4v) is 2.54. The summed E-state index contributed by atoms with van der Waals surface area (Å²) in [6.45, 7) is 2.78. The lowest BCUT2D eigenvalue weighted by Crippen LogP contribution is -2.43. The number of pyridine rings is 1. The van der Waals surface area contributed by atoms with E-state index in [1.165, 1.54) is 0 Å². The van der Waals surface area contributed by atoms with Gasteiger partial charge in [0.15, 0.2) is 0 Å². The Morgan fingerprint density at radius 1 is 1.20 bits per heavy atom. The third-order valence-electron chi connectivity index (χ3n) is 3.45. The largest absolute Gasteiger partial charge is 0.359 e. The van der Waals surface area contributed by atoms with E-state index in [0.717, 1.165) is 23.4 Å². The minimum Gasteiger partial charge on any atom is -0.359 e. The van der Waals surface area contributed by atoms with E-state index < -0.39 is 0 Å². The summed E-state index contributed by atoms with van der Waals surface area (Å²) in [6.07, 6.45) is 2.48. The maximum Gasteiger partial charge on any atom is 0.257 e. The van der Waals surface area contributed by atoms with Crippen molar-refractivity contribution in [2.75, 3.05) is 11.9 Å². The van der Waals surface area contributed by atoms with Crippen LogP contribution in [-0.2, 0) is 0 Å². The third kappa shape index (κ3) is 2.13. The molecule has 1 amide bonds. The van der Waals surface area contributed by atoms with Crippen molar-refractivity contribution in [3.8, 4) is 0 Å². The third-order valence-corrected chi connectivity index (χ3v) is 3.45. The Morgan fingerprint density at radius 3 is 2.75 bits per heavy atom. The van der Waals surface area contributed by atoms with Crippen LogP contribution >= 0.6 is 0 Å². The van der Waals surface area contributed by atoms with Crippen molar-refractivity contribution in [1.82, 2.24) is 9.88 Å². The first-order chi connectivity index (χ1) is 9.81. The average molecular weight is 267 g/mol. The van der Waals surface area contributed by atoms with Crippen LogP contribution in [0.5, 0.6) is 0 Å². The molecule has 0 unspecified atom stereocenters. The quantitative estimate of drug-likeness (QED) is 0.929. The molecule has 2 heterocycles. The molecule has 1 N–H and O–H groups in total. The molecule has 0 radical (unpaired) electrons. The van der Waals surface area contributed by atoms with E-state index in [1.807, 2.05) is 47.4 Å². The number of carbonyl (C=O) groups is 1. The maximum atomic E-state index is 12.6. The molecule has 4 nitrogen and oxygen atoms in total. The molecule has 2 aromatic rings. The van der Waals surface area contributed by atoms with Crippen LogP contribution in [0.25, 0.3) is 0 Å². The van der Waals surface area contributed by atoms with Gasteiger partial charge in [0.1, 0.15) is 6.17 Å². The normalized spacial score (nSPS) is 17.6. The Kier molecular flexibility index (Phi) is 3.37. The molecule has 0 saturated carbocycles. The Hall–Kier alpha value is -2.36. The van der Waals surface area contributed by atoms with Gasteiger partial charge in [0.2, 0.25) is 0 Å². The second-order valence-electron chi connectivity index (χ2n) is 4.85. The Balaban J connectivity index is 2.03. The van der Waals surface area contributed by atoms with Crippen LogP contribution < -0.4 is 5.32 Å². The molecule has 0 aliphatic carbocycles. The number of carbonyl (C=O) groups excluding carboxylic acids is 1. The standard InChI is InChI=1S/C16H17N3O/c1-2-11-19-15(14-9-5-6-10-17-14)18-13-8-4-3-7-12(13)16(19)20/h3-10,15,18H,2,11H2,1H3/t15-/m0/s1. The zero-order valence-corrected chi connectivity index (χ0v) is 11.4. The van der Waals surface area contributed by atoms with Gasteiger partial charge in [-0.05, 0) is 30.7 Å². The second-order valence-corrected chi connectivity index (χ2v) is 4.85. The fourth-order valence-electron chi connectivity index (χ4n) is 2.54. The lowest BCUT2D eigenvalue weighted by atomic mass is 10.1. The van der Waals surface area contributed by atoms with E-state index in [1.54, 1.807) is 6.20 Å². The Bertz CT molecular complexity index is 612. The Morgan fingerprint density at radius 2 is 2.00 bits per heavy atom. The van der Waals surface area contributed by atoms with E-state index in [-0.39, 0.29) is 12.1 Å². The molecular formula is C16H17N3O. The van der Waals surface area contributed by atoms with Crippen LogP contribution in [0.4, 0.5) is 5.69 Å². The van der Waals surface area contributed by atoms with Gasteiger partial charge >= 0.3 is 0 Å². The van der Waals surface area contributed by atoms with Gasteiger partial charge in [-0.2, -0.15) is 0 Å². The van der Waals surface area contributed by atoms with Crippen molar-refractivity contribution < 1.29 is 4.79 Å². The van der Waals surface area contributed by atoms with Crippen molar-refractivity contribution in [3.05, 3.63) is 59.9 Å². The van der Waals surface area contributed by atoms with Gasteiger partial charge in [0.05, 0.1) is 11.3 Å². The first-order valence-corrected chi connectivity index (χ1v) is 6.88. The van der Waals surface area contributed by atoms with Gasteiger partial charge in [0.25, 0.3) is 5.91 Å². The molecule has 0 fully saturated rings. The SMILES string of the molecule is CCCN1C(=O)c2ccccc2N[C@@H]1c1ccccn1. The van der Waals surface area contributed by atoms with Gasteiger partial charge in [0, 0.05) is 18.4 Å². The summed E-state index contributed by atoms with van der Waals surface area (Å²) in [7, 11) is 0. The fraction of sp³-hybridized carbons (Fsp3) is 0.250. The molecule has 102 valence electrons. The van der Waals surface area contributed by atoms with Crippen molar-refractivity contribution in [2.45, 2.75) is 19.5 Å². The van der Waals surface area contributed by atoms with E-state index in [9.17, 15) is 4.79 Å². The number of aromatic nitrogens is 1. The molecule has 0 bridgehead atoms. The molecule has 1 aliphatic rings. The highest BCUT2D eigenvalue weighted by Gasteiger charge is 2.32. The molecule has 1 aliphatic heterocycles. The van der Waals surface area contributed by atoms with Crippen molar-refractivity contribution in [2.24, 2.45) is 0 Å². The molecule has 1 atom stereocenters. The van der Waals surface area contributed by atoms with Crippen molar-refractivity contribution in [3.63, 3.8) is 0 Å². The number of rotatable bonds is 3. The van der Waals surface area contributed by atoms with Gasteiger partial charge in [-0.25, -0.2) is 0 Å². The van der Waals surface area contributed by atoms with Gasteiger partial charge in [-0.3, -0.25) is 9.78 Å². The summed E-state index contributed by atoms with van der Waals surface area (Å²) in [5.41, 5.74) is 2.47. The molecule has 1 aromatic heterocycles. The highest BCUT2D eigenvalue weighted by atomic mass is 16.2. The van der Waals surface area contributed by atoms with Crippen LogP contribution in [-0.4, -0.2) is 22.3 Å². The van der Waals surface area contributed by atoms with Crippen LogP contribution in [0.15, 0.2) is 48.7 Å². The summed E-state index contributed by atoms with van der Waals surface area (Å²) in [5, 5.41) is 3.42. The summed E-state index contributed by atoms with van der Waals surface area (Å²) in [5.74, 6) is 0.0665. The highest BCUT2D eigenvalue weighted by molar-refractivity contribution is 6.01. The van der Waals surface area contributed by atoms with Gasteiger partial charge in [-0.15, -0.1) is 0 Å². The second kappa shape index (κ2) is 5.33. The highest BCUT2D eigenvalue weighted by Crippen LogP contribution is 2.32. The first-order valence-electron chi connectivity index (χ1n) is 6.88. The summed E-state index contributed by atoms with van der Waals surface area (Å²) in [4.78, 5) is 18.9. The lowest BCUT2D eigenvalue weighted by molar-refractivity contribution is 0.0680. The monoisotopic (exact) mass is 267 g/mol. The van der Waals surface area contributed by atoms with Gasteiger partial charge < -0.3 is 10.2 Å². The van der Waals surface area contributed by atoms with Crippen molar-refractivity contribution >= 4 is 11.6 Å². The minimum absolute atomic E-state index is 0.0665. The lowest BCUT2D eigenvalue weighted by Gasteiger charge is -2.37. The Labute approximate surface area is 118 Å². The van der Waals surface area contributed by atoms with E-state index in [0.29, 0.717) is 6.54 Å². The molecule has 0 spiro atoms. The molecule has 4 heteroatoms. The number of hydrogen-bond acceptors (Lipinski definition) is 3. The molecule has 3 rings (SSSR count). The van der Waals surface area contributed by atoms with E-state index >= 15 is 0 Å². The van der Waals surface area contributed by atoms with Crippen LogP contribution in [0.2, 0.25) is 0 Å². The number of amides is 1. The summed E-state index contributed by atoms with van der Waals surface area (Å²) >= 11 is 0. The minimum atomic E-state index is -0.196. The number of nitrogens with zero attached hydrogens (tertiary/aromatic N) is 2. The maximum absolute atomic E-state index is 12.6. The number of fused-ring (bicyclic) bond motifs is 1. The summed E-state index contributed by atoms with van der Waals surface area (Å²) < 4.78 is 0. The zero-order chi connectivity index (χ0) is 13.9. The molecule has 20 heavy (non-hydrogen) atoms. The topological polar surface area (TPSA) is 45.2 Å². The number of anilines is 1. The number of hydrogen-bond donors (Lipinski definition) is 1. The van der Waals surface area contributed by atoms with Crippen LogP contribution in [0, 0.1) is 0 Å². The average Bonchev–Trinajstić information content (AvgIpc) is 2.51. The molecule has 1 aromatic carbocycles. The first kappa shape index (κ1) is 12.7. The number of para-hydroxylation sites is 1. The summed E-state index contributed by atoms with van der Waals surface area (Å²) in [6, 6.07) is 13.4. The number of benzene rings is 1. The van der Waals surface area contributed by atoms with Crippen LogP contribution in [0.3, 0.4) is 0 Å². The van der Waals surface area contributed by atoms with Gasteiger partial charge in [-0.1, -0.05) is 25.1 Å². The predicted octanol–water partition coefficient (Wildman–Crippen LogP) is 3.06. The molecular weight excluding hydrogens is 250 g/mol. The number of nitrogens with one attached hydrogen (secondary N) is 1. The predicted molar refractivity (Wildman–Crippen MR) is 78.4 cm³/mol. The van der Waals surface area contributed by atoms with E-state index in [4.69, 9.17) is 0 Å². The molecule has 0 saturated heterocycles. The zero-order valence-electron chi connectivity index (χ0n) is 11.4. The van der Waals surface area contributed by atoms with E-state index in [2.05, 4.69) is 17.2 Å².